The smallest absolute Gasteiger partial charge is 0.266 e. The third-order valence-corrected chi connectivity index (χ3v) is 5.56. The molecule has 1 aliphatic heterocycles. The number of hydrogen-bond donors (Lipinski definition) is 1. The molecular formula is C20H26N4O. The first-order valence-corrected chi connectivity index (χ1v) is 9.32. The van der Waals surface area contributed by atoms with Crippen molar-refractivity contribution in [2.75, 3.05) is 18.0 Å². The number of aromatic nitrogens is 2. The summed E-state index contributed by atoms with van der Waals surface area (Å²) < 4.78 is 1.43. The van der Waals surface area contributed by atoms with Crippen LogP contribution in [0.3, 0.4) is 0 Å². The predicted molar refractivity (Wildman–Crippen MR) is 100 cm³/mol. The lowest BCUT2D eigenvalue weighted by molar-refractivity contribution is 0.406. The molecule has 1 saturated heterocycles. The number of rotatable bonds is 4. The van der Waals surface area contributed by atoms with E-state index in [1.165, 1.54) is 35.1 Å². The van der Waals surface area contributed by atoms with Crippen LogP contribution in [0, 0.1) is 0 Å². The SMILES string of the molecule is Cn1nc(N2CCCCC2CNC2Cc3ccccc3C2)ccc1=O. The maximum atomic E-state index is 11.6. The highest BCUT2D eigenvalue weighted by atomic mass is 16.1. The van der Waals surface area contributed by atoms with Gasteiger partial charge in [0, 0.05) is 38.3 Å². The molecule has 0 bridgehead atoms. The maximum absolute atomic E-state index is 11.6. The maximum Gasteiger partial charge on any atom is 0.266 e. The van der Waals surface area contributed by atoms with E-state index < -0.39 is 0 Å². The van der Waals surface area contributed by atoms with Crippen LogP contribution in [0.5, 0.6) is 0 Å². The molecule has 1 aromatic heterocycles. The second kappa shape index (κ2) is 7.00. The normalized spacial score (nSPS) is 20.7. The van der Waals surface area contributed by atoms with Gasteiger partial charge in [0.1, 0.15) is 5.82 Å². The van der Waals surface area contributed by atoms with Crippen molar-refractivity contribution >= 4 is 5.82 Å². The number of nitrogens with one attached hydrogen (secondary N) is 1. The third-order valence-electron chi connectivity index (χ3n) is 5.56. The first-order valence-electron chi connectivity index (χ1n) is 9.32. The molecule has 1 atom stereocenters. The van der Waals surface area contributed by atoms with Crippen molar-refractivity contribution in [3.05, 3.63) is 57.9 Å². The molecule has 132 valence electrons. The molecule has 1 aliphatic carbocycles. The molecular weight excluding hydrogens is 312 g/mol. The molecule has 0 amide bonds. The summed E-state index contributed by atoms with van der Waals surface area (Å²) in [6.07, 6.45) is 5.88. The average molecular weight is 338 g/mol. The second-order valence-corrected chi connectivity index (χ2v) is 7.28. The van der Waals surface area contributed by atoms with Crippen LogP contribution in [0.1, 0.15) is 30.4 Å². The first-order chi connectivity index (χ1) is 12.2. The Hall–Kier alpha value is -2.14. The van der Waals surface area contributed by atoms with Crippen molar-refractivity contribution in [2.45, 2.75) is 44.2 Å². The van der Waals surface area contributed by atoms with Gasteiger partial charge in [-0.3, -0.25) is 4.79 Å². The molecule has 2 aromatic rings. The summed E-state index contributed by atoms with van der Waals surface area (Å²) in [6.45, 7) is 1.99. The van der Waals surface area contributed by atoms with Gasteiger partial charge in [0.15, 0.2) is 0 Å². The molecule has 2 heterocycles. The fourth-order valence-corrected chi connectivity index (χ4v) is 4.16. The van der Waals surface area contributed by atoms with Crippen molar-refractivity contribution in [1.82, 2.24) is 15.1 Å². The number of anilines is 1. The van der Waals surface area contributed by atoms with Crippen molar-refractivity contribution < 1.29 is 0 Å². The molecule has 5 nitrogen and oxygen atoms in total. The molecule has 1 N–H and O–H groups in total. The van der Waals surface area contributed by atoms with Crippen molar-refractivity contribution in [3.8, 4) is 0 Å². The van der Waals surface area contributed by atoms with Gasteiger partial charge in [-0.15, -0.1) is 0 Å². The lowest BCUT2D eigenvalue weighted by Gasteiger charge is -2.37. The van der Waals surface area contributed by atoms with Gasteiger partial charge in [0.2, 0.25) is 0 Å². The second-order valence-electron chi connectivity index (χ2n) is 7.28. The van der Waals surface area contributed by atoms with Crippen molar-refractivity contribution in [3.63, 3.8) is 0 Å². The minimum atomic E-state index is -0.0563. The summed E-state index contributed by atoms with van der Waals surface area (Å²) in [5, 5.41) is 8.25. The summed E-state index contributed by atoms with van der Waals surface area (Å²) in [6, 6.07) is 13.2. The Kier molecular flexibility index (Phi) is 4.57. The molecule has 1 aromatic carbocycles. The fourth-order valence-electron chi connectivity index (χ4n) is 4.16. The van der Waals surface area contributed by atoms with Crippen LogP contribution in [-0.2, 0) is 19.9 Å². The molecule has 4 rings (SSSR count). The van der Waals surface area contributed by atoms with E-state index in [1.807, 2.05) is 6.07 Å². The summed E-state index contributed by atoms with van der Waals surface area (Å²) in [4.78, 5) is 14.0. The van der Waals surface area contributed by atoms with E-state index in [2.05, 4.69) is 39.6 Å². The van der Waals surface area contributed by atoms with Gasteiger partial charge < -0.3 is 10.2 Å². The number of fused-ring (bicyclic) bond motifs is 1. The molecule has 5 heteroatoms. The first kappa shape index (κ1) is 16.3. The van der Waals surface area contributed by atoms with Gasteiger partial charge in [0.25, 0.3) is 5.56 Å². The quantitative estimate of drug-likeness (QED) is 0.925. The number of aryl methyl sites for hydroxylation is 1. The lowest BCUT2D eigenvalue weighted by Crippen LogP contribution is -2.48. The van der Waals surface area contributed by atoms with Crippen LogP contribution in [0.25, 0.3) is 0 Å². The van der Waals surface area contributed by atoms with Gasteiger partial charge in [-0.1, -0.05) is 24.3 Å². The van der Waals surface area contributed by atoms with E-state index in [0.717, 1.165) is 31.7 Å². The zero-order chi connectivity index (χ0) is 17.2. The Bertz CT molecular complexity index is 775. The van der Waals surface area contributed by atoms with E-state index in [4.69, 9.17) is 0 Å². The predicted octanol–water partition coefficient (Wildman–Crippen LogP) is 1.90. The minimum absolute atomic E-state index is 0.0563. The van der Waals surface area contributed by atoms with Gasteiger partial charge in [-0.2, -0.15) is 5.10 Å². The molecule has 0 radical (unpaired) electrons. The van der Waals surface area contributed by atoms with E-state index in [-0.39, 0.29) is 5.56 Å². The highest BCUT2D eigenvalue weighted by Crippen LogP contribution is 2.24. The molecule has 1 fully saturated rings. The summed E-state index contributed by atoms with van der Waals surface area (Å²) in [5.74, 6) is 0.920. The van der Waals surface area contributed by atoms with Gasteiger partial charge in [-0.05, 0) is 49.3 Å². The lowest BCUT2D eigenvalue weighted by atomic mass is 10.0. The Morgan fingerprint density at radius 1 is 1.12 bits per heavy atom. The highest BCUT2D eigenvalue weighted by molar-refractivity contribution is 5.39. The van der Waals surface area contributed by atoms with E-state index >= 15 is 0 Å². The van der Waals surface area contributed by atoms with E-state index in [9.17, 15) is 4.79 Å². The number of hydrogen-bond acceptors (Lipinski definition) is 4. The number of benzene rings is 1. The topological polar surface area (TPSA) is 50.2 Å². The van der Waals surface area contributed by atoms with Crippen LogP contribution >= 0.6 is 0 Å². The monoisotopic (exact) mass is 338 g/mol. The summed E-state index contributed by atoms with van der Waals surface area (Å²) >= 11 is 0. The van der Waals surface area contributed by atoms with Crippen LogP contribution in [-0.4, -0.2) is 35.0 Å². The van der Waals surface area contributed by atoms with Crippen LogP contribution in [0.4, 0.5) is 5.82 Å². The van der Waals surface area contributed by atoms with Gasteiger partial charge >= 0.3 is 0 Å². The Balaban J connectivity index is 1.42. The molecule has 2 aliphatic rings. The van der Waals surface area contributed by atoms with E-state index in [0.29, 0.717) is 12.1 Å². The molecule has 0 spiro atoms. The third kappa shape index (κ3) is 3.47. The molecule has 25 heavy (non-hydrogen) atoms. The largest absolute Gasteiger partial charge is 0.351 e. The summed E-state index contributed by atoms with van der Waals surface area (Å²) in [5.41, 5.74) is 2.92. The number of piperidine rings is 1. The Morgan fingerprint density at radius 3 is 2.60 bits per heavy atom. The van der Waals surface area contributed by atoms with Crippen LogP contribution < -0.4 is 15.8 Å². The highest BCUT2D eigenvalue weighted by Gasteiger charge is 2.26. The zero-order valence-electron chi connectivity index (χ0n) is 14.8. The standard InChI is InChI=1S/C20H26N4O/c1-23-20(25)10-9-19(22-23)24-11-5-4-8-18(24)14-21-17-12-15-6-2-3-7-16(15)13-17/h2-3,6-7,9-10,17-18,21H,4-5,8,11-14H2,1H3. The number of nitrogens with zero attached hydrogens (tertiary/aromatic N) is 3. The van der Waals surface area contributed by atoms with Crippen LogP contribution in [0.2, 0.25) is 0 Å². The van der Waals surface area contributed by atoms with Gasteiger partial charge in [-0.25, -0.2) is 4.68 Å². The van der Waals surface area contributed by atoms with Gasteiger partial charge in [0.05, 0.1) is 0 Å². The van der Waals surface area contributed by atoms with Crippen molar-refractivity contribution in [2.24, 2.45) is 7.05 Å². The van der Waals surface area contributed by atoms with Crippen LogP contribution in [0.15, 0.2) is 41.2 Å². The fraction of sp³-hybridized carbons (Fsp3) is 0.500. The summed E-state index contributed by atoms with van der Waals surface area (Å²) in [7, 11) is 1.72. The minimum Gasteiger partial charge on any atom is -0.351 e. The average Bonchev–Trinajstić information content (AvgIpc) is 3.05. The van der Waals surface area contributed by atoms with E-state index in [1.54, 1.807) is 13.1 Å². The molecule has 1 unspecified atom stereocenters. The molecule has 0 saturated carbocycles. The van der Waals surface area contributed by atoms with Crippen molar-refractivity contribution in [1.29, 1.82) is 0 Å². The zero-order valence-corrected chi connectivity index (χ0v) is 14.8. The Morgan fingerprint density at radius 2 is 1.88 bits per heavy atom. The Labute approximate surface area is 148 Å².